The van der Waals surface area contributed by atoms with E-state index in [0.29, 0.717) is 24.5 Å². The lowest BCUT2D eigenvalue weighted by atomic mass is 9.83. The lowest BCUT2D eigenvalue weighted by Crippen LogP contribution is -2.46. The second-order valence-electron chi connectivity index (χ2n) is 8.44. The summed E-state index contributed by atoms with van der Waals surface area (Å²) < 4.78 is 22.0. The number of hydrogen-bond acceptors (Lipinski definition) is 6. The highest BCUT2D eigenvalue weighted by Gasteiger charge is 2.42. The number of anilines is 1. The maximum Gasteiger partial charge on any atom is 0.311 e. The fourth-order valence-corrected chi connectivity index (χ4v) is 4.59. The Hall–Kier alpha value is -3.06. The minimum atomic E-state index is -0.484. The van der Waals surface area contributed by atoms with Crippen molar-refractivity contribution in [3.8, 4) is 11.5 Å². The lowest BCUT2D eigenvalue weighted by Gasteiger charge is -2.40. The first-order valence-electron chi connectivity index (χ1n) is 11.5. The Bertz CT molecular complexity index is 936. The topological polar surface area (TPSA) is 74.3 Å². The predicted octanol–water partition coefficient (Wildman–Crippen LogP) is 4.30. The van der Waals surface area contributed by atoms with E-state index >= 15 is 0 Å². The second-order valence-corrected chi connectivity index (χ2v) is 8.44. The molecule has 0 bridgehead atoms. The largest absolute Gasteiger partial charge is 0.497 e. The van der Waals surface area contributed by atoms with Crippen LogP contribution in [0, 0.1) is 5.92 Å². The van der Waals surface area contributed by atoms with Gasteiger partial charge in [-0.15, -0.1) is 0 Å². The standard InChI is InChI=1S/C26H31NO6/c1-30-20-10-6-18(7-11-20)25-23(26(29)33-17-22-5-3-4-16-32-22)14-15-24(28)27(25)19-8-12-21(31-2)13-9-19/h6-13,22-23,25H,3-5,14-17H2,1-2H3. The molecule has 1 amide bonds. The minimum Gasteiger partial charge on any atom is -0.497 e. The molecule has 7 heteroatoms. The highest BCUT2D eigenvalue weighted by Crippen LogP contribution is 2.41. The fraction of sp³-hybridized carbons (Fsp3) is 0.462. The van der Waals surface area contributed by atoms with E-state index < -0.39 is 12.0 Å². The number of rotatable bonds is 7. The molecule has 4 rings (SSSR count). The summed E-state index contributed by atoms with van der Waals surface area (Å²) in [5, 5.41) is 0. The summed E-state index contributed by atoms with van der Waals surface area (Å²) in [5.74, 6) is 0.608. The summed E-state index contributed by atoms with van der Waals surface area (Å²) in [4.78, 5) is 28.1. The lowest BCUT2D eigenvalue weighted by molar-refractivity contribution is -0.156. The van der Waals surface area contributed by atoms with Gasteiger partial charge in [-0.2, -0.15) is 0 Å². The SMILES string of the molecule is COc1ccc(C2C(C(=O)OCC3CCCCO3)CCC(=O)N2c2ccc(OC)cc2)cc1. The number of hydrogen-bond donors (Lipinski definition) is 0. The predicted molar refractivity (Wildman–Crippen MR) is 123 cm³/mol. The van der Waals surface area contributed by atoms with E-state index in [1.54, 1.807) is 19.1 Å². The van der Waals surface area contributed by atoms with E-state index in [9.17, 15) is 9.59 Å². The number of nitrogens with zero attached hydrogens (tertiary/aromatic N) is 1. The van der Waals surface area contributed by atoms with Gasteiger partial charge in [-0.3, -0.25) is 9.59 Å². The molecule has 7 nitrogen and oxygen atoms in total. The number of methoxy groups -OCH3 is 2. The molecule has 2 saturated heterocycles. The van der Waals surface area contributed by atoms with Gasteiger partial charge < -0.3 is 23.8 Å². The van der Waals surface area contributed by atoms with Crippen molar-refractivity contribution in [3.63, 3.8) is 0 Å². The second kappa shape index (κ2) is 10.7. The van der Waals surface area contributed by atoms with Crippen molar-refractivity contribution >= 4 is 17.6 Å². The minimum absolute atomic E-state index is 0.0272. The molecule has 2 fully saturated rings. The molecule has 0 aliphatic carbocycles. The summed E-state index contributed by atoms with van der Waals surface area (Å²) in [6.45, 7) is 0.959. The van der Waals surface area contributed by atoms with Crippen LogP contribution in [0.25, 0.3) is 0 Å². The van der Waals surface area contributed by atoms with Crippen LogP contribution in [0.15, 0.2) is 48.5 Å². The number of amides is 1. The molecule has 33 heavy (non-hydrogen) atoms. The first-order chi connectivity index (χ1) is 16.1. The number of ether oxygens (including phenoxy) is 4. The van der Waals surface area contributed by atoms with Gasteiger partial charge >= 0.3 is 5.97 Å². The molecule has 2 aromatic rings. The Morgan fingerprint density at radius 2 is 1.64 bits per heavy atom. The molecule has 2 aromatic carbocycles. The smallest absolute Gasteiger partial charge is 0.311 e. The number of esters is 1. The summed E-state index contributed by atoms with van der Waals surface area (Å²) >= 11 is 0. The molecule has 3 atom stereocenters. The van der Waals surface area contributed by atoms with Gasteiger partial charge in [-0.1, -0.05) is 12.1 Å². The zero-order chi connectivity index (χ0) is 23.2. The summed E-state index contributed by atoms with van der Waals surface area (Å²) in [5.41, 5.74) is 1.57. The summed E-state index contributed by atoms with van der Waals surface area (Å²) in [6, 6.07) is 14.3. The van der Waals surface area contributed by atoms with Crippen molar-refractivity contribution < 1.29 is 28.5 Å². The Labute approximate surface area is 194 Å². The first kappa shape index (κ1) is 23.1. The van der Waals surface area contributed by atoms with Crippen LogP contribution in [0.5, 0.6) is 11.5 Å². The van der Waals surface area contributed by atoms with Crippen LogP contribution in [0.2, 0.25) is 0 Å². The van der Waals surface area contributed by atoms with E-state index in [0.717, 1.165) is 30.5 Å². The molecule has 2 heterocycles. The van der Waals surface area contributed by atoms with Gasteiger partial charge in [-0.25, -0.2) is 0 Å². The molecular weight excluding hydrogens is 422 g/mol. The Kier molecular flexibility index (Phi) is 7.50. The van der Waals surface area contributed by atoms with Crippen molar-refractivity contribution in [2.45, 2.75) is 44.2 Å². The van der Waals surface area contributed by atoms with Gasteiger partial charge in [0, 0.05) is 18.7 Å². The molecule has 3 unspecified atom stereocenters. The third-order valence-corrected chi connectivity index (χ3v) is 6.39. The zero-order valence-electron chi connectivity index (χ0n) is 19.2. The van der Waals surface area contributed by atoms with Crippen LogP contribution in [0.1, 0.15) is 43.7 Å². The third-order valence-electron chi connectivity index (χ3n) is 6.39. The molecule has 0 saturated carbocycles. The van der Waals surface area contributed by atoms with Crippen LogP contribution in [0.3, 0.4) is 0 Å². The van der Waals surface area contributed by atoms with Gasteiger partial charge in [-0.05, 0) is 67.6 Å². The molecule has 0 N–H and O–H groups in total. The maximum absolute atomic E-state index is 13.3. The average molecular weight is 454 g/mol. The van der Waals surface area contributed by atoms with Crippen LogP contribution in [0.4, 0.5) is 5.69 Å². The summed E-state index contributed by atoms with van der Waals surface area (Å²) in [6.07, 6.45) is 3.69. The molecule has 176 valence electrons. The Balaban J connectivity index is 1.62. The van der Waals surface area contributed by atoms with Crippen molar-refractivity contribution in [2.75, 3.05) is 32.3 Å². The van der Waals surface area contributed by atoms with Crippen LogP contribution in [-0.4, -0.2) is 45.4 Å². The molecular formula is C26H31NO6. The first-order valence-corrected chi connectivity index (χ1v) is 11.5. The van der Waals surface area contributed by atoms with E-state index in [4.69, 9.17) is 18.9 Å². The van der Waals surface area contributed by atoms with Crippen molar-refractivity contribution in [2.24, 2.45) is 5.92 Å². The normalized spacial score (nSPS) is 23.2. The van der Waals surface area contributed by atoms with Crippen molar-refractivity contribution in [3.05, 3.63) is 54.1 Å². The van der Waals surface area contributed by atoms with Gasteiger partial charge in [0.15, 0.2) is 0 Å². The fourth-order valence-electron chi connectivity index (χ4n) is 4.59. The Morgan fingerprint density at radius 3 is 2.24 bits per heavy atom. The van der Waals surface area contributed by atoms with E-state index in [-0.39, 0.29) is 31.0 Å². The molecule has 0 radical (unpaired) electrons. The Morgan fingerprint density at radius 1 is 0.970 bits per heavy atom. The van der Waals surface area contributed by atoms with Gasteiger partial charge in [0.25, 0.3) is 0 Å². The monoisotopic (exact) mass is 453 g/mol. The molecule has 2 aliphatic heterocycles. The average Bonchev–Trinajstić information content (AvgIpc) is 2.88. The molecule has 2 aliphatic rings. The van der Waals surface area contributed by atoms with Gasteiger partial charge in [0.1, 0.15) is 18.1 Å². The number of piperidine rings is 1. The van der Waals surface area contributed by atoms with E-state index in [2.05, 4.69) is 0 Å². The van der Waals surface area contributed by atoms with E-state index in [1.165, 1.54) is 0 Å². The molecule has 0 spiro atoms. The number of carbonyl (C=O) groups excluding carboxylic acids is 2. The quantitative estimate of drug-likeness (QED) is 0.582. The highest BCUT2D eigenvalue weighted by atomic mass is 16.6. The van der Waals surface area contributed by atoms with E-state index in [1.807, 2.05) is 48.5 Å². The molecule has 0 aromatic heterocycles. The van der Waals surface area contributed by atoms with Gasteiger partial charge in [0.2, 0.25) is 5.91 Å². The third kappa shape index (κ3) is 5.30. The number of benzene rings is 2. The summed E-state index contributed by atoms with van der Waals surface area (Å²) in [7, 11) is 3.21. The van der Waals surface area contributed by atoms with Crippen LogP contribution in [-0.2, 0) is 19.1 Å². The van der Waals surface area contributed by atoms with Crippen molar-refractivity contribution in [1.82, 2.24) is 0 Å². The van der Waals surface area contributed by atoms with Crippen LogP contribution >= 0.6 is 0 Å². The number of carbonyl (C=O) groups is 2. The highest BCUT2D eigenvalue weighted by molar-refractivity contribution is 5.97. The maximum atomic E-state index is 13.3. The van der Waals surface area contributed by atoms with Crippen molar-refractivity contribution in [1.29, 1.82) is 0 Å². The van der Waals surface area contributed by atoms with Gasteiger partial charge in [0.05, 0.1) is 32.3 Å². The van der Waals surface area contributed by atoms with Crippen LogP contribution < -0.4 is 14.4 Å². The zero-order valence-corrected chi connectivity index (χ0v) is 19.2.